The van der Waals surface area contributed by atoms with Crippen molar-refractivity contribution in [2.45, 2.75) is 38.8 Å². The Kier molecular flexibility index (Phi) is 3.77. The van der Waals surface area contributed by atoms with Crippen LogP contribution in [0.5, 0.6) is 0 Å². The summed E-state index contributed by atoms with van der Waals surface area (Å²) in [5, 5.41) is 9.31. The zero-order valence-corrected chi connectivity index (χ0v) is 13.1. The van der Waals surface area contributed by atoms with Gasteiger partial charge in [0.25, 0.3) is 0 Å². The lowest BCUT2D eigenvalue weighted by atomic mass is 10.1. The average molecular weight is 342 g/mol. The van der Waals surface area contributed by atoms with Crippen molar-refractivity contribution in [3.63, 3.8) is 0 Å². The van der Waals surface area contributed by atoms with E-state index in [0.717, 1.165) is 10.0 Å². The molecule has 1 aliphatic rings. The number of fused-ring (bicyclic) bond motifs is 1. The number of hydrogen-bond acceptors (Lipinski definition) is 3. The van der Waals surface area contributed by atoms with Crippen molar-refractivity contribution in [2.24, 2.45) is 0 Å². The van der Waals surface area contributed by atoms with E-state index in [0.29, 0.717) is 5.69 Å². The molecule has 1 aliphatic heterocycles. The van der Waals surface area contributed by atoms with Gasteiger partial charge in [0.2, 0.25) is 0 Å². The second kappa shape index (κ2) is 5.09. The number of benzene rings is 1. The fourth-order valence-electron chi connectivity index (χ4n) is 2.15. The number of anilines is 1. The summed E-state index contributed by atoms with van der Waals surface area (Å²) in [6, 6.07) is 4.41. The number of rotatable bonds is 1. The van der Waals surface area contributed by atoms with Gasteiger partial charge in [-0.15, -0.1) is 0 Å². The lowest BCUT2D eigenvalue weighted by Crippen LogP contribution is -2.45. The van der Waals surface area contributed by atoms with E-state index in [-0.39, 0.29) is 6.42 Å². The molecule has 5 nitrogen and oxygen atoms in total. The molecule has 1 aromatic carbocycles. The molecule has 1 aromatic rings. The van der Waals surface area contributed by atoms with Crippen LogP contribution < -0.4 is 4.90 Å². The summed E-state index contributed by atoms with van der Waals surface area (Å²) in [6.07, 6.45) is -0.352. The molecule has 2 rings (SSSR count). The number of nitrogens with zero attached hydrogens (tertiary/aromatic N) is 1. The Hall–Kier alpha value is -1.56. The van der Waals surface area contributed by atoms with Crippen LogP contribution in [0.25, 0.3) is 0 Å². The lowest BCUT2D eigenvalue weighted by Gasteiger charge is -2.27. The van der Waals surface area contributed by atoms with Crippen molar-refractivity contribution < 1.29 is 19.4 Å². The van der Waals surface area contributed by atoms with Gasteiger partial charge in [-0.25, -0.2) is 9.59 Å². The number of hydrogen-bond donors (Lipinski definition) is 1. The predicted molar refractivity (Wildman–Crippen MR) is 78.0 cm³/mol. The first-order valence-corrected chi connectivity index (χ1v) is 7.02. The van der Waals surface area contributed by atoms with Crippen LogP contribution in [0.3, 0.4) is 0 Å². The third kappa shape index (κ3) is 2.95. The fourth-order valence-corrected chi connectivity index (χ4v) is 2.56. The molecule has 20 heavy (non-hydrogen) atoms. The molecule has 108 valence electrons. The molecule has 0 saturated carbocycles. The van der Waals surface area contributed by atoms with Gasteiger partial charge in [0, 0.05) is 10.9 Å². The quantitative estimate of drug-likeness (QED) is 0.851. The molecule has 0 radical (unpaired) electrons. The van der Waals surface area contributed by atoms with E-state index >= 15 is 0 Å². The van der Waals surface area contributed by atoms with Crippen LogP contribution in [0.4, 0.5) is 10.5 Å². The normalized spacial score (nSPS) is 17.8. The first-order valence-electron chi connectivity index (χ1n) is 6.22. The maximum Gasteiger partial charge on any atom is 0.415 e. The molecule has 1 amide bonds. The van der Waals surface area contributed by atoms with E-state index in [4.69, 9.17) is 4.74 Å². The Labute approximate surface area is 125 Å². The molecule has 1 N–H and O–H groups in total. The lowest BCUT2D eigenvalue weighted by molar-refractivity contribution is -0.138. The van der Waals surface area contributed by atoms with Crippen molar-refractivity contribution in [3.8, 4) is 0 Å². The van der Waals surface area contributed by atoms with Gasteiger partial charge in [0.1, 0.15) is 11.6 Å². The van der Waals surface area contributed by atoms with Gasteiger partial charge in [0.15, 0.2) is 0 Å². The largest absolute Gasteiger partial charge is 0.480 e. The summed E-state index contributed by atoms with van der Waals surface area (Å²) in [7, 11) is 0. The van der Waals surface area contributed by atoms with Crippen LogP contribution in [0, 0.1) is 0 Å². The van der Waals surface area contributed by atoms with Crippen molar-refractivity contribution in [3.05, 3.63) is 28.2 Å². The standard InChI is InChI=1S/C14H16BrNO4/c1-14(2,3)20-13(19)16-10-5-4-9(15)6-8(10)7-11(16)12(17)18/h4-6,11H,7H2,1-3H3,(H,17,18)/t11-/m0/s1. The summed E-state index contributed by atoms with van der Waals surface area (Å²) in [4.78, 5) is 24.8. The van der Waals surface area contributed by atoms with Gasteiger partial charge >= 0.3 is 12.1 Å². The van der Waals surface area contributed by atoms with Gasteiger partial charge in [-0.2, -0.15) is 0 Å². The van der Waals surface area contributed by atoms with E-state index < -0.39 is 23.7 Å². The summed E-state index contributed by atoms with van der Waals surface area (Å²) in [5.41, 5.74) is 0.741. The summed E-state index contributed by atoms with van der Waals surface area (Å²) in [6.45, 7) is 5.25. The van der Waals surface area contributed by atoms with Crippen LogP contribution in [0.2, 0.25) is 0 Å². The summed E-state index contributed by atoms with van der Waals surface area (Å²) < 4.78 is 6.15. The Bertz CT molecular complexity index is 565. The Morgan fingerprint density at radius 2 is 2.05 bits per heavy atom. The first kappa shape index (κ1) is 14.8. The summed E-state index contributed by atoms with van der Waals surface area (Å²) >= 11 is 3.35. The number of carboxylic acid groups (broad SMARTS) is 1. The predicted octanol–water partition coefficient (Wildman–Crippen LogP) is 3.20. The molecule has 0 saturated heterocycles. The molecular formula is C14H16BrNO4. The Balaban J connectivity index is 2.38. The van der Waals surface area contributed by atoms with Gasteiger partial charge in [-0.1, -0.05) is 15.9 Å². The molecule has 0 aromatic heterocycles. The van der Waals surface area contributed by atoms with Crippen molar-refractivity contribution in [1.29, 1.82) is 0 Å². The zero-order chi connectivity index (χ0) is 15.1. The minimum Gasteiger partial charge on any atom is -0.480 e. The van der Waals surface area contributed by atoms with Gasteiger partial charge in [-0.3, -0.25) is 4.90 Å². The second-order valence-electron chi connectivity index (χ2n) is 5.68. The Morgan fingerprint density at radius 1 is 1.40 bits per heavy atom. The molecule has 1 heterocycles. The third-order valence-electron chi connectivity index (χ3n) is 2.90. The number of amides is 1. The number of carbonyl (C=O) groups excluding carboxylic acids is 1. The SMILES string of the molecule is CC(C)(C)OC(=O)N1c2ccc(Br)cc2C[C@H]1C(=O)O. The van der Waals surface area contributed by atoms with E-state index in [9.17, 15) is 14.7 Å². The minimum absolute atomic E-state index is 0.281. The van der Waals surface area contributed by atoms with Gasteiger partial charge in [-0.05, 0) is 44.5 Å². The number of ether oxygens (including phenoxy) is 1. The number of halogens is 1. The molecule has 0 fully saturated rings. The first-order chi connectivity index (χ1) is 9.19. The average Bonchev–Trinajstić information content (AvgIpc) is 2.64. The highest BCUT2D eigenvalue weighted by atomic mass is 79.9. The molecule has 0 bridgehead atoms. The second-order valence-corrected chi connectivity index (χ2v) is 6.60. The highest BCUT2D eigenvalue weighted by Crippen LogP contribution is 2.35. The number of carbonyl (C=O) groups is 2. The van der Waals surface area contributed by atoms with Crippen LogP contribution in [-0.4, -0.2) is 28.8 Å². The zero-order valence-electron chi connectivity index (χ0n) is 11.5. The van der Waals surface area contributed by atoms with Crippen molar-refractivity contribution in [1.82, 2.24) is 0 Å². The minimum atomic E-state index is -1.04. The van der Waals surface area contributed by atoms with Gasteiger partial charge in [0.05, 0.1) is 5.69 Å². The number of aliphatic carboxylic acids is 1. The van der Waals surface area contributed by atoms with Crippen LogP contribution in [0.1, 0.15) is 26.3 Å². The van der Waals surface area contributed by atoms with Crippen molar-refractivity contribution in [2.75, 3.05) is 4.90 Å². The van der Waals surface area contributed by atoms with Crippen LogP contribution >= 0.6 is 15.9 Å². The van der Waals surface area contributed by atoms with E-state index in [1.54, 1.807) is 32.9 Å². The molecule has 0 spiro atoms. The molecular weight excluding hydrogens is 326 g/mol. The van der Waals surface area contributed by atoms with E-state index in [2.05, 4.69) is 15.9 Å². The highest BCUT2D eigenvalue weighted by Gasteiger charge is 2.40. The molecule has 1 atom stereocenters. The molecule has 0 unspecified atom stereocenters. The van der Waals surface area contributed by atoms with Crippen LogP contribution in [0.15, 0.2) is 22.7 Å². The van der Waals surface area contributed by atoms with E-state index in [1.807, 2.05) is 6.07 Å². The fraction of sp³-hybridized carbons (Fsp3) is 0.429. The smallest absolute Gasteiger partial charge is 0.415 e. The topological polar surface area (TPSA) is 66.8 Å². The molecule has 6 heteroatoms. The maximum atomic E-state index is 12.3. The third-order valence-corrected chi connectivity index (χ3v) is 3.39. The Morgan fingerprint density at radius 3 is 2.60 bits per heavy atom. The molecule has 0 aliphatic carbocycles. The van der Waals surface area contributed by atoms with Crippen LogP contribution in [-0.2, 0) is 16.0 Å². The maximum absolute atomic E-state index is 12.3. The van der Waals surface area contributed by atoms with Crippen molar-refractivity contribution >= 4 is 33.7 Å². The van der Waals surface area contributed by atoms with E-state index in [1.165, 1.54) is 4.90 Å². The monoisotopic (exact) mass is 341 g/mol. The number of carboxylic acids is 1. The van der Waals surface area contributed by atoms with Gasteiger partial charge < -0.3 is 9.84 Å². The summed E-state index contributed by atoms with van der Waals surface area (Å²) in [5.74, 6) is -1.04. The highest BCUT2D eigenvalue weighted by molar-refractivity contribution is 9.10.